The van der Waals surface area contributed by atoms with E-state index in [1.54, 1.807) is 50.5 Å². The predicted octanol–water partition coefficient (Wildman–Crippen LogP) is 4.06. The van der Waals surface area contributed by atoms with Crippen molar-refractivity contribution in [3.63, 3.8) is 0 Å². The largest absolute Gasteiger partial charge is 0.345 e. The molecule has 0 aliphatic heterocycles. The number of hydrogen-bond acceptors (Lipinski definition) is 2. The van der Waals surface area contributed by atoms with E-state index >= 15 is 0 Å². The van der Waals surface area contributed by atoms with Crippen LogP contribution in [0.5, 0.6) is 0 Å². The molecular formula is C16H14BrClN2O2. The fourth-order valence-corrected chi connectivity index (χ4v) is 2.58. The molecule has 0 aromatic heterocycles. The van der Waals surface area contributed by atoms with Gasteiger partial charge < -0.3 is 10.2 Å². The van der Waals surface area contributed by atoms with Crippen molar-refractivity contribution in [2.75, 3.05) is 19.4 Å². The Morgan fingerprint density at radius 3 is 2.36 bits per heavy atom. The number of nitrogens with one attached hydrogen (secondary N) is 1. The number of anilines is 1. The van der Waals surface area contributed by atoms with E-state index in [0.717, 1.165) is 0 Å². The van der Waals surface area contributed by atoms with Gasteiger partial charge in [-0.25, -0.2) is 0 Å². The number of halogens is 2. The average Bonchev–Trinajstić information content (AvgIpc) is 2.47. The number of amides is 2. The molecule has 2 rings (SSSR count). The van der Waals surface area contributed by atoms with Gasteiger partial charge in [-0.2, -0.15) is 0 Å². The fourth-order valence-electron chi connectivity index (χ4n) is 1.85. The topological polar surface area (TPSA) is 49.4 Å². The Morgan fingerprint density at radius 1 is 1.09 bits per heavy atom. The van der Waals surface area contributed by atoms with Crippen LogP contribution in [-0.4, -0.2) is 30.8 Å². The first-order valence-corrected chi connectivity index (χ1v) is 7.64. The van der Waals surface area contributed by atoms with Crippen molar-refractivity contribution in [2.45, 2.75) is 0 Å². The van der Waals surface area contributed by atoms with E-state index < -0.39 is 0 Å². The van der Waals surface area contributed by atoms with Gasteiger partial charge >= 0.3 is 0 Å². The molecule has 114 valence electrons. The Kier molecular flexibility index (Phi) is 5.21. The zero-order chi connectivity index (χ0) is 16.3. The van der Waals surface area contributed by atoms with Crippen LogP contribution in [0.2, 0.25) is 5.02 Å². The number of rotatable bonds is 3. The minimum absolute atomic E-state index is 0.186. The quantitative estimate of drug-likeness (QED) is 0.872. The number of carbonyl (C=O) groups excluding carboxylic acids is 2. The third-order valence-electron chi connectivity index (χ3n) is 2.98. The Labute approximate surface area is 142 Å². The molecule has 22 heavy (non-hydrogen) atoms. The van der Waals surface area contributed by atoms with Crippen LogP contribution in [0.15, 0.2) is 46.9 Å². The first-order valence-electron chi connectivity index (χ1n) is 6.47. The molecule has 0 saturated heterocycles. The third kappa shape index (κ3) is 3.67. The van der Waals surface area contributed by atoms with Gasteiger partial charge in [0.2, 0.25) is 0 Å². The van der Waals surface area contributed by atoms with Crippen molar-refractivity contribution in [3.05, 3.63) is 63.1 Å². The van der Waals surface area contributed by atoms with Gasteiger partial charge in [0.25, 0.3) is 11.8 Å². The normalized spacial score (nSPS) is 10.2. The Balaban J connectivity index is 2.21. The van der Waals surface area contributed by atoms with Gasteiger partial charge in [0, 0.05) is 24.3 Å². The van der Waals surface area contributed by atoms with Gasteiger partial charge in [0.05, 0.1) is 16.1 Å². The fraction of sp³-hybridized carbons (Fsp3) is 0.125. The van der Waals surface area contributed by atoms with Gasteiger partial charge in [-0.1, -0.05) is 23.7 Å². The van der Waals surface area contributed by atoms with Gasteiger partial charge in [0.1, 0.15) is 0 Å². The molecule has 0 saturated carbocycles. The molecule has 0 radical (unpaired) electrons. The van der Waals surface area contributed by atoms with Crippen LogP contribution >= 0.6 is 27.5 Å². The predicted molar refractivity (Wildman–Crippen MR) is 91.6 cm³/mol. The summed E-state index contributed by atoms with van der Waals surface area (Å²) in [6, 6.07) is 11.9. The van der Waals surface area contributed by atoms with E-state index in [4.69, 9.17) is 11.6 Å². The van der Waals surface area contributed by atoms with E-state index in [9.17, 15) is 9.59 Å². The van der Waals surface area contributed by atoms with E-state index in [-0.39, 0.29) is 11.8 Å². The maximum Gasteiger partial charge on any atom is 0.256 e. The summed E-state index contributed by atoms with van der Waals surface area (Å²) in [5.74, 6) is -0.441. The van der Waals surface area contributed by atoms with Crippen LogP contribution in [0, 0.1) is 0 Å². The van der Waals surface area contributed by atoms with Crippen LogP contribution in [0.25, 0.3) is 0 Å². The van der Waals surface area contributed by atoms with Crippen LogP contribution in [0.1, 0.15) is 20.7 Å². The third-order valence-corrected chi connectivity index (χ3v) is 3.99. The average molecular weight is 382 g/mol. The van der Waals surface area contributed by atoms with Crippen molar-refractivity contribution < 1.29 is 9.59 Å². The molecule has 0 fully saturated rings. The van der Waals surface area contributed by atoms with Gasteiger partial charge in [0.15, 0.2) is 0 Å². The Hall–Kier alpha value is -1.85. The second-order valence-electron chi connectivity index (χ2n) is 4.83. The lowest BCUT2D eigenvalue weighted by atomic mass is 10.1. The van der Waals surface area contributed by atoms with Crippen molar-refractivity contribution in [3.8, 4) is 0 Å². The summed E-state index contributed by atoms with van der Waals surface area (Å²) < 4.78 is 0.706. The van der Waals surface area contributed by atoms with Crippen molar-refractivity contribution in [2.24, 2.45) is 0 Å². The maximum atomic E-state index is 12.2. The van der Waals surface area contributed by atoms with Crippen LogP contribution in [0.3, 0.4) is 0 Å². The maximum absolute atomic E-state index is 12.2. The minimum Gasteiger partial charge on any atom is -0.345 e. The lowest BCUT2D eigenvalue weighted by Crippen LogP contribution is -2.22. The summed E-state index contributed by atoms with van der Waals surface area (Å²) in [6.07, 6.45) is 0. The molecule has 6 heteroatoms. The van der Waals surface area contributed by atoms with Gasteiger partial charge in [-0.15, -0.1) is 0 Å². The summed E-state index contributed by atoms with van der Waals surface area (Å²) in [4.78, 5) is 25.6. The molecule has 0 heterocycles. The molecule has 1 N–H and O–H groups in total. The van der Waals surface area contributed by atoms with Crippen molar-refractivity contribution in [1.29, 1.82) is 0 Å². The summed E-state index contributed by atoms with van der Waals surface area (Å²) in [5, 5.41) is 3.05. The zero-order valence-corrected chi connectivity index (χ0v) is 14.4. The van der Waals surface area contributed by atoms with Crippen molar-refractivity contribution >= 4 is 45.0 Å². The van der Waals surface area contributed by atoms with Crippen LogP contribution in [-0.2, 0) is 0 Å². The molecule has 0 atom stereocenters. The summed E-state index contributed by atoms with van der Waals surface area (Å²) in [5.41, 5.74) is 1.44. The summed E-state index contributed by atoms with van der Waals surface area (Å²) in [6.45, 7) is 0. The molecule has 2 aromatic rings. The highest BCUT2D eigenvalue weighted by atomic mass is 79.9. The second-order valence-corrected chi connectivity index (χ2v) is 6.09. The SMILES string of the molecule is CN(C)C(=O)c1ccc(NC(=O)c2ccccc2Br)cc1Cl. The lowest BCUT2D eigenvalue weighted by Gasteiger charge is -2.13. The molecular weight excluding hydrogens is 368 g/mol. The first-order chi connectivity index (χ1) is 10.4. The van der Waals surface area contributed by atoms with Gasteiger partial charge in [-0.3, -0.25) is 9.59 Å². The number of benzene rings is 2. The minimum atomic E-state index is -0.254. The number of hydrogen-bond donors (Lipinski definition) is 1. The molecule has 2 amide bonds. The van der Waals surface area contributed by atoms with E-state index in [1.807, 2.05) is 6.07 Å². The highest BCUT2D eigenvalue weighted by molar-refractivity contribution is 9.10. The number of carbonyl (C=O) groups is 2. The zero-order valence-electron chi connectivity index (χ0n) is 12.1. The Morgan fingerprint density at radius 2 is 1.77 bits per heavy atom. The number of nitrogens with zero attached hydrogens (tertiary/aromatic N) is 1. The smallest absolute Gasteiger partial charge is 0.256 e. The molecule has 2 aromatic carbocycles. The molecule has 0 bridgehead atoms. The second kappa shape index (κ2) is 6.94. The molecule has 4 nitrogen and oxygen atoms in total. The standard InChI is InChI=1S/C16H14BrClN2O2/c1-20(2)16(22)12-8-7-10(9-14(12)18)19-15(21)11-5-3-4-6-13(11)17/h3-9H,1-2H3,(H,19,21). The summed E-state index contributed by atoms with van der Waals surface area (Å²) in [7, 11) is 3.31. The Bertz CT molecular complexity index is 732. The van der Waals surface area contributed by atoms with Crippen LogP contribution in [0.4, 0.5) is 5.69 Å². The lowest BCUT2D eigenvalue weighted by molar-refractivity contribution is 0.0827. The molecule has 0 aliphatic carbocycles. The summed E-state index contributed by atoms with van der Waals surface area (Å²) >= 11 is 9.46. The van der Waals surface area contributed by atoms with E-state index in [0.29, 0.717) is 26.3 Å². The molecule has 0 spiro atoms. The van der Waals surface area contributed by atoms with Crippen molar-refractivity contribution in [1.82, 2.24) is 4.90 Å². The molecule has 0 aliphatic rings. The highest BCUT2D eigenvalue weighted by Crippen LogP contribution is 2.23. The van der Waals surface area contributed by atoms with E-state index in [1.165, 1.54) is 4.90 Å². The van der Waals surface area contributed by atoms with E-state index in [2.05, 4.69) is 21.2 Å². The highest BCUT2D eigenvalue weighted by Gasteiger charge is 2.14. The monoisotopic (exact) mass is 380 g/mol. The van der Waals surface area contributed by atoms with Crippen LogP contribution < -0.4 is 5.32 Å². The molecule has 0 unspecified atom stereocenters. The first kappa shape index (κ1) is 16.5. The van der Waals surface area contributed by atoms with Gasteiger partial charge in [-0.05, 0) is 46.3 Å².